The predicted octanol–water partition coefficient (Wildman–Crippen LogP) is 7.24. The minimum Gasteiger partial charge on any atom is -0.506 e. The van der Waals surface area contributed by atoms with Crippen LogP contribution in [-0.4, -0.2) is 76.8 Å². The fourth-order valence-electron chi connectivity index (χ4n) is 9.01. The van der Waals surface area contributed by atoms with Crippen molar-refractivity contribution in [3.63, 3.8) is 0 Å². The Morgan fingerprint density at radius 1 is 0.817 bits per heavy atom. The van der Waals surface area contributed by atoms with Crippen molar-refractivity contribution in [1.82, 2.24) is 10.3 Å². The van der Waals surface area contributed by atoms with Gasteiger partial charge in [0.1, 0.15) is 31.2 Å². The largest absolute Gasteiger partial charge is 0.506 e. The smallest absolute Gasteiger partial charge is 0.307 e. The summed E-state index contributed by atoms with van der Waals surface area (Å²) in [6.45, 7) is 4.36. The van der Waals surface area contributed by atoms with Gasteiger partial charge < -0.3 is 34.5 Å². The Labute approximate surface area is 350 Å². The number of hydrogen-bond acceptors (Lipinski definition) is 8. The molecule has 1 aromatic heterocycles. The number of H-pyrrole nitrogens is 1. The minimum atomic E-state index is -0.817. The number of piperidine rings is 3. The summed E-state index contributed by atoms with van der Waals surface area (Å²) in [6, 6.07) is 41.9. The lowest BCUT2D eigenvalue weighted by Crippen LogP contribution is -2.65. The second-order valence-electron chi connectivity index (χ2n) is 16.4. The van der Waals surface area contributed by atoms with Crippen molar-refractivity contribution in [3.05, 3.63) is 177 Å². The van der Waals surface area contributed by atoms with Crippen LogP contribution >= 0.6 is 0 Å². The number of rotatable bonds is 17. The van der Waals surface area contributed by atoms with Crippen molar-refractivity contribution in [2.24, 2.45) is 5.92 Å². The first kappa shape index (κ1) is 40.7. The maximum Gasteiger partial charge on any atom is 0.307 e. The maximum absolute atomic E-state index is 13.8. The van der Waals surface area contributed by atoms with Gasteiger partial charge in [0.2, 0.25) is 11.3 Å². The average molecular weight is 807 g/mol. The number of benzene rings is 5. The number of Topliss-reactive ketones (excluding diaryl/α,β-unsaturated/α-hetero) is 1. The molecule has 9 rings (SSSR count). The molecule has 3 aliphatic heterocycles. The molecule has 3 fully saturated rings. The summed E-state index contributed by atoms with van der Waals surface area (Å²) in [6.07, 6.45) is 1.86. The molecule has 10 heteroatoms. The lowest BCUT2D eigenvalue weighted by Gasteiger charge is -2.51. The number of aliphatic hydroxyl groups is 1. The van der Waals surface area contributed by atoms with Gasteiger partial charge in [0.25, 0.3) is 0 Å². The van der Waals surface area contributed by atoms with Gasteiger partial charge in [0, 0.05) is 48.2 Å². The monoisotopic (exact) mass is 806 g/mol. The minimum absolute atomic E-state index is 0.0362. The topological polar surface area (TPSA) is 138 Å². The molecule has 4 N–H and O–H groups in total. The number of aromatic hydroxyl groups is 1. The molecule has 4 heterocycles. The van der Waals surface area contributed by atoms with E-state index in [4.69, 9.17) is 9.47 Å². The van der Waals surface area contributed by atoms with E-state index >= 15 is 0 Å². The lowest BCUT2D eigenvalue weighted by atomic mass is 9.82. The van der Waals surface area contributed by atoms with Crippen LogP contribution in [0.1, 0.15) is 69.5 Å². The molecule has 0 saturated carbocycles. The third kappa shape index (κ3) is 9.69. The second-order valence-corrected chi connectivity index (χ2v) is 16.4. The quantitative estimate of drug-likeness (QED) is 0.0328. The molecule has 3 atom stereocenters. The van der Waals surface area contributed by atoms with Gasteiger partial charge in [-0.3, -0.25) is 14.4 Å². The number of nitrogens with one attached hydrogen (secondary N) is 2. The van der Waals surface area contributed by atoms with Crippen molar-refractivity contribution in [2.45, 2.75) is 50.4 Å². The Hall–Kier alpha value is -6.07. The molecule has 2 bridgehead atoms. The normalized spacial score (nSPS) is 19.4. The zero-order chi connectivity index (χ0) is 41.5. The molecule has 1 unspecified atom stereocenters. The molecule has 6 aromatic rings. The number of hydrogen-bond donors (Lipinski definition) is 4. The van der Waals surface area contributed by atoms with Gasteiger partial charge in [0.15, 0.2) is 6.10 Å². The van der Waals surface area contributed by atoms with Crippen LogP contribution in [-0.2, 0) is 22.6 Å². The summed E-state index contributed by atoms with van der Waals surface area (Å²) in [5, 5.41) is 24.9. The third-order valence-corrected chi connectivity index (χ3v) is 12.4. The van der Waals surface area contributed by atoms with Gasteiger partial charge in [-0.05, 0) is 65.0 Å². The number of carbonyl (C=O) groups is 2. The van der Waals surface area contributed by atoms with Gasteiger partial charge in [-0.25, -0.2) is 0 Å². The van der Waals surface area contributed by atoms with Crippen LogP contribution < -0.4 is 15.6 Å². The van der Waals surface area contributed by atoms with Gasteiger partial charge in [0.05, 0.1) is 31.1 Å². The first-order valence-corrected chi connectivity index (χ1v) is 20.9. The summed E-state index contributed by atoms with van der Waals surface area (Å²) in [4.78, 5) is 41.4. The van der Waals surface area contributed by atoms with E-state index in [0.29, 0.717) is 65.4 Å². The molecule has 10 nitrogen and oxygen atoms in total. The van der Waals surface area contributed by atoms with Gasteiger partial charge >= 0.3 is 5.97 Å². The third-order valence-electron chi connectivity index (χ3n) is 12.4. The van der Waals surface area contributed by atoms with Crippen LogP contribution in [0.25, 0.3) is 10.9 Å². The Bertz CT molecular complexity index is 2460. The van der Waals surface area contributed by atoms with E-state index in [-0.39, 0.29) is 41.5 Å². The number of carbonyl (C=O) groups excluding carboxylic acids is 2. The fourth-order valence-corrected chi connectivity index (χ4v) is 9.01. The summed E-state index contributed by atoms with van der Waals surface area (Å²) in [7, 11) is 0. The van der Waals surface area contributed by atoms with Gasteiger partial charge in [-0.1, -0.05) is 103 Å². The molecule has 3 aliphatic rings. The zero-order valence-electron chi connectivity index (χ0n) is 33.7. The number of ketones is 1. The molecule has 3 saturated heterocycles. The van der Waals surface area contributed by atoms with E-state index in [2.05, 4.69) is 46.7 Å². The SMILES string of the molecule is O=C(CC(c1ccccc1)c1cccc(OCc2ccc(CCNC[C@H](O)c3ccc(O)c4[nH]c(=O)ccc34)cc2)c1)O[C@H]1C[N+]2(CC(=O)c3ccccc3)CCC1CC2. The summed E-state index contributed by atoms with van der Waals surface area (Å²) in [5.41, 5.74) is 5.54. The highest BCUT2D eigenvalue weighted by molar-refractivity contribution is 5.97. The Kier molecular flexibility index (Phi) is 12.5. The number of esters is 1. The highest BCUT2D eigenvalue weighted by Gasteiger charge is 2.48. The molecule has 60 heavy (non-hydrogen) atoms. The number of aromatic nitrogens is 1. The van der Waals surface area contributed by atoms with E-state index in [1.54, 1.807) is 12.1 Å². The number of fused-ring (bicyclic) bond motifs is 4. The van der Waals surface area contributed by atoms with Crippen LogP contribution in [0.5, 0.6) is 11.5 Å². The summed E-state index contributed by atoms with van der Waals surface area (Å²) < 4.78 is 13.3. The summed E-state index contributed by atoms with van der Waals surface area (Å²) in [5.74, 6) is 0.709. The van der Waals surface area contributed by atoms with Gasteiger partial charge in [-0.2, -0.15) is 0 Å². The standard InChI is InChI=1S/C50H51N3O7/c54-44-20-18-41(42-19-21-48(57)52-50(42)44)45(55)30-51-25-22-34-14-16-35(17-15-34)33-59-40-13-7-12-39(28-40)43(36-8-3-1-4-9-36)29-49(58)60-47-32-53(26-23-38(47)24-27-53)31-46(56)37-10-5-2-6-11-37/h1-21,28,38,43,45,47,51,55H,22-27,29-33H2,(H-,52,54,57)/p+1/t38?,43?,45-,47-,53?/m0/s1. The number of aliphatic hydroxyl groups excluding tert-OH is 1. The number of pyridine rings is 1. The lowest BCUT2D eigenvalue weighted by molar-refractivity contribution is -0.938. The molecule has 0 radical (unpaired) electrons. The Morgan fingerprint density at radius 3 is 2.30 bits per heavy atom. The highest BCUT2D eigenvalue weighted by Crippen LogP contribution is 2.37. The molecular formula is C50H52N3O7+. The van der Waals surface area contributed by atoms with E-state index in [1.807, 2.05) is 72.8 Å². The first-order valence-electron chi connectivity index (χ1n) is 20.9. The Balaban J connectivity index is 0.844. The van der Waals surface area contributed by atoms with Crippen LogP contribution in [0.15, 0.2) is 138 Å². The number of ether oxygens (including phenoxy) is 2. The number of phenols is 1. The van der Waals surface area contributed by atoms with Crippen LogP contribution in [0.2, 0.25) is 0 Å². The predicted molar refractivity (Wildman–Crippen MR) is 231 cm³/mol. The van der Waals surface area contributed by atoms with Crippen molar-refractivity contribution < 1.29 is 33.8 Å². The first-order chi connectivity index (χ1) is 29.2. The number of phenolic OH excluding ortho intramolecular Hbond substituents is 1. The van der Waals surface area contributed by atoms with Gasteiger partial charge in [-0.15, -0.1) is 0 Å². The highest BCUT2D eigenvalue weighted by atomic mass is 16.5. The number of nitrogens with zero attached hydrogens (tertiary/aromatic N) is 1. The second kappa shape index (κ2) is 18.5. The molecule has 0 aliphatic carbocycles. The van der Waals surface area contributed by atoms with E-state index < -0.39 is 6.10 Å². The van der Waals surface area contributed by atoms with E-state index in [0.717, 1.165) is 60.2 Å². The molecular weight excluding hydrogens is 755 g/mol. The van der Waals surface area contributed by atoms with Crippen molar-refractivity contribution >= 4 is 22.7 Å². The Morgan fingerprint density at radius 2 is 1.53 bits per heavy atom. The average Bonchev–Trinajstić information content (AvgIpc) is 3.28. The maximum atomic E-state index is 13.8. The molecule has 5 aromatic carbocycles. The van der Waals surface area contributed by atoms with Crippen LogP contribution in [0.3, 0.4) is 0 Å². The van der Waals surface area contributed by atoms with Crippen LogP contribution in [0.4, 0.5) is 0 Å². The van der Waals surface area contributed by atoms with Crippen LogP contribution in [0, 0.1) is 5.92 Å². The number of aromatic amines is 1. The molecule has 0 amide bonds. The van der Waals surface area contributed by atoms with Crippen molar-refractivity contribution in [1.29, 1.82) is 0 Å². The van der Waals surface area contributed by atoms with Crippen molar-refractivity contribution in [3.8, 4) is 11.5 Å². The number of quaternary nitrogens is 1. The molecule has 308 valence electrons. The zero-order valence-corrected chi connectivity index (χ0v) is 33.7. The fraction of sp³-hybridized carbons (Fsp3) is 0.300. The van der Waals surface area contributed by atoms with E-state index in [1.165, 1.54) is 12.1 Å². The molecule has 0 spiro atoms. The van der Waals surface area contributed by atoms with Crippen molar-refractivity contribution in [2.75, 3.05) is 39.3 Å². The van der Waals surface area contributed by atoms with E-state index in [9.17, 15) is 24.6 Å². The summed E-state index contributed by atoms with van der Waals surface area (Å²) >= 11 is 0.